The third kappa shape index (κ3) is 4.39. The summed E-state index contributed by atoms with van der Waals surface area (Å²) in [7, 11) is 1.60. The van der Waals surface area contributed by atoms with Crippen LogP contribution < -0.4 is 10.2 Å². The maximum atomic E-state index is 12.9. The third-order valence-electron chi connectivity index (χ3n) is 4.57. The number of benzene rings is 3. The van der Waals surface area contributed by atoms with Gasteiger partial charge >= 0.3 is 0 Å². The number of hydroxylamine groups is 1. The maximum absolute atomic E-state index is 12.9. The summed E-state index contributed by atoms with van der Waals surface area (Å²) in [5.74, 6) is 0.319. The summed E-state index contributed by atoms with van der Waals surface area (Å²) < 4.78 is 7.00. The molecule has 0 atom stereocenters. The molecule has 4 aromatic rings. The lowest BCUT2D eigenvalue weighted by atomic mass is 10.1. The van der Waals surface area contributed by atoms with Gasteiger partial charge in [0.05, 0.1) is 25.0 Å². The highest BCUT2D eigenvalue weighted by Gasteiger charge is 2.19. The van der Waals surface area contributed by atoms with E-state index in [1.807, 2.05) is 84.9 Å². The van der Waals surface area contributed by atoms with Gasteiger partial charge in [-0.2, -0.15) is 5.10 Å². The Morgan fingerprint density at radius 2 is 1.70 bits per heavy atom. The van der Waals surface area contributed by atoms with Crippen LogP contribution in [0.5, 0.6) is 5.75 Å². The molecule has 1 amide bonds. The van der Waals surface area contributed by atoms with Crippen molar-refractivity contribution in [3.8, 4) is 22.7 Å². The molecule has 6 nitrogen and oxygen atoms in total. The van der Waals surface area contributed by atoms with Crippen LogP contribution in [0.4, 0.5) is 0 Å². The summed E-state index contributed by atoms with van der Waals surface area (Å²) >= 11 is 0. The van der Waals surface area contributed by atoms with Crippen molar-refractivity contribution in [1.82, 2.24) is 15.3 Å². The molecule has 0 aliphatic heterocycles. The minimum atomic E-state index is -0.370. The van der Waals surface area contributed by atoms with E-state index in [1.165, 1.54) is 0 Å². The quantitative estimate of drug-likeness (QED) is 0.468. The molecule has 3 aromatic carbocycles. The van der Waals surface area contributed by atoms with E-state index in [4.69, 9.17) is 9.57 Å². The molecule has 0 bridgehead atoms. The summed E-state index contributed by atoms with van der Waals surface area (Å²) in [5.41, 5.74) is 6.06. The topological polar surface area (TPSA) is 65.4 Å². The Morgan fingerprint density at radius 1 is 0.967 bits per heavy atom. The molecule has 0 fully saturated rings. The molecule has 150 valence electrons. The molecule has 0 aliphatic rings. The van der Waals surface area contributed by atoms with Crippen LogP contribution >= 0.6 is 0 Å². The minimum absolute atomic E-state index is 0.272. The van der Waals surface area contributed by atoms with E-state index < -0.39 is 0 Å². The third-order valence-corrected chi connectivity index (χ3v) is 4.57. The zero-order chi connectivity index (χ0) is 20.8. The number of carbonyl (C=O) groups excluding carboxylic acids is 1. The first-order valence-electron chi connectivity index (χ1n) is 9.50. The molecule has 1 N–H and O–H groups in total. The van der Waals surface area contributed by atoms with Crippen LogP contribution in [-0.2, 0) is 11.4 Å². The number of aromatic nitrogens is 2. The maximum Gasteiger partial charge on any atom is 0.278 e. The van der Waals surface area contributed by atoms with Crippen LogP contribution in [0.15, 0.2) is 91.1 Å². The molecule has 1 heterocycles. The van der Waals surface area contributed by atoms with Crippen molar-refractivity contribution in [2.45, 2.75) is 6.61 Å². The van der Waals surface area contributed by atoms with Crippen LogP contribution in [-0.4, -0.2) is 22.8 Å². The number of methoxy groups -OCH3 is 1. The number of ether oxygens (including phenoxy) is 1. The number of carbonyl (C=O) groups is 1. The van der Waals surface area contributed by atoms with Crippen molar-refractivity contribution in [1.29, 1.82) is 0 Å². The smallest absolute Gasteiger partial charge is 0.278 e. The van der Waals surface area contributed by atoms with Gasteiger partial charge in [-0.3, -0.25) is 9.63 Å². The summed E-state index contributed by atoms with van der Waals surface area (Å²) in [4.78, 5) is 18.3. The molecule has 0 unspecified atom stereocenters. The second-order valence-corrected chi connectivity index (χ2v) is 6.61. The molecule has 6 heteroatoms. The fourth-order valence-electron chi connectivity index (χ4n) is 3.05. The second-order valence-electron chi connectivity index (χ2n) is 6.61. The Bertz CT molecular complexity index is 1120. The first kappa shape index (κ1) is 19.4. The number of nitrogens with one attached hydrogen (secondary N) is 1. The van der Waals surface area contributed by atoms with E-state index in [1.54, 1.807) is 18.0 Å². The van der Waals surface area contributed by atoms with Crippen LogP contribution in [0.3, 0.4) is 0 Å². The number of rotatable bonds is 7. The van der Waals surface area contributed by atoms with Crippen LogP contribution in [0, 0.1) is 0 Å². The average Bonchev–Trinajstić information content (AvgIpc) is 3.26. The van der Waals surface area contributed by atoms with Gasteiger partial charge in [0.1, 0.15) is 11.4 Å². The van der Waals surface area contributed by atoms with Crippen molar-refractivity contribution in [2.75, 3.05) is 7.11 Å². The van der Waals surface area contributed by atoms with E-state index in [0.29, 0.717) is 17.0 Å². The van der Waals surface area contributed by atoms with E-state index in [9.17, 15) is 4.79 Å². The van der Waals surface area contributed by atoms with Gasteiger partial charge in [-0.15, -0.1) is 0 Å². The van der Waals surface area contributed by atoms with Crippen LogP contribution in [0.1, 0.15) is 15.9 Å². The van der Waals surface area contributed by atoms with Crippen molar-refractivity contribution >= 4 is 5.91 Å². The first-order chi connectivity index (χ1) is 14.7. The summed E-state index contributed by atoms with van der Waals surface area (Å²) in [6.07, 6.45) is 1.70. The fraction of sp³-hybridized carbons (Fsp3) is 0.0833. The van der Waals surface area contributed by atoms with Crippen molar-refractivity contribution in [3.63, 3.8) is 0 Å². The fourth-order valence-corrected chi connectivity index (χ4v) is 3.05. The predicted molar refractivity (Wildman–Crippen MR) is 114 cm³/mol. The van der Waals surface area contributed by atoms with Crippen LogP contribution in [0.25, 0.3) is 16.9 Å². The zero-order valence-electron chi connectivity index (χ0n) is 16.5. The Morgan fingerprint density at radius 3 is 2.43 bits per heavy atom. The van der Waals surface area contributed by atoms with Gasteiger partial charge in [0.25, 0.3) is 5.91 Å². The zero-order valence-corrected chi connectivity index (χ0v) is 16.5. The molecular weight excluding hydrogens is 378 g/mol. The van der Waals surface area contributed by atoms with E-state index in [2.05, 4.69) is 10.6 Å². The van der Waals surface area contributed by atoms with Crippen molar-refractivity contribution in [3.05, 3.63) is 102 Å². The molecule has 4 rings (SSSR count). The predicted octanol–water partition coefficient (Wildman–Crippen LogP) is 4.41. The van der Waals surface area contributed by atoms with Gasteiger partial charge in [-0.1, -0.05) is 60.7 Å². The summed E-state index contributed by atoms with van der Waals surface area (Å²) in [6, 6.07) is 26.7. The molecular formula is C24H21N3O3. The highest BCUT2D eigenvalue weighted by Crippen LogP contribution is 2.27. The van der Waals surface area contributed by atoms with Gasteiger partial charge in [0, 0.05) is 11.8 Å². The lowest BCUT2D eigenvalue weighted by Crippen LogP contribution is -2.23. The minimum Gasteiger partial charge on any atom is -0.497 e. The lowest BCUT2D eigenvalue weighted by molar-refractivity contribution is 0.0234. The van der Waals surface area contributed by atoms with Crippen molar-refractivity contribution < 1.29 is 14.4 Å². The van der Waals surface area contributed by atoms with E-state index >= 15 is 0 Å². The average molecular weight is 399 g/mol. The molecule has 30 heavy (non-hydrogen) atoms. The summed E-state index contributed by atoms with van der Waals surface area (Å²) in [5, 5.41) is 4.66. The van der Waals surface area contributed by atoms with Gasteiger partial charge in [-0.05, 0) is 29.8 Å². The molecule has 0 radical (unpaired) electrons. The number of amides is 1. The van der Waals surface area contributed by atoms with Gasteiger partial charge in [0.2, 0.25) is 0 Å². The number of hydrogen-bond acceptors (Lipinski definition) is 4. The Hall–Kier alpha value is -3.90. The Labute approximate surface area is 174 Å². The number of nitrogens with zero attached hydrogens (tertiary/aromatic N) is 2. The van der Waals surface area contributed by atoms with E-state index in [0.717, 1.165) is 16.8 Å². The number of para-hydroxylation sites is 1. The SMILES string of the molecule is COc1cccc(-c2nn(-c3ccccc3)cc2C(=O)NOCc2ccccc2)c1. The standard InChI is InChI=1S/C24H21N3O3/c1-29-21-14-8-11-19(15-21)23-22(16-27(25-23)20-12-6-3-7-13-20)24(28)26-30-17-18-9-4-2-5-10-18/h2-16H,17H2,1H3,(H,26,28). The normalized spacial score (nSPS) is 10.6. The summed E-state index contributed by atoms with van der Waals surface area (Å²) in [6.45, 7) is 0.272. The van der Waals surface area contributed by atoms with Gasteiger partial charge in [0.15, 0.2) is 0 Å². The monoisotopic (exact) mass is 399 g/mol. The van der Waals surface area contributed by atoms with Crippen molar-refractivity contribution in [2.24, 2.45) is 0 Å². The first-order valence-corrected chi connectivity index (χ1v) is 9.50. The highest BCUT2D eigenvalue weighted by atomic mass is 16.6. The largest absolute Gasteiger partial charge is 0.497 e. The lowest BCUT2D eigenvalue weighted by Gasteiger charge is -2.07. The molecule has 0 spiro atoms. The van der Waals surface area contributed by atoms with Crippen LogP contribution in [0.2, 0.25) is 0 Å². The number of hydrogen-bond donors (Lipinski definition) is 1. The highest BCUT2D eigenvalue weighted by molar-refractivity contribution is 5.99. The van der Waals surface area contributed by atoms with Gasteiger partial charge < -0.3 is 4.74 Å². The molecule has 0 saturated heterocycles. The van der Waals surface area contributed by atoms with Gasteiger partial charge in [-0.25, -0.2) is 10.2 Å². The molecule has 0 aliphatic carbocycles. The Kier molecular flexibility index (Phi) is 5.87. The second kappa shape index (κ2) is 9.07. The molecule has 0 saturated carbocycles. The Balaban J connectivity index is 1.62. The van der Waals surface area contributed by atoms with E-state index in [-0.39, 0.29) is 12.5 Å². The molecule has 1 aromatic heterocycles.